The monoisotopic (exact) mass is 403 g/mol. The maximum absolute atomic E-state index is 12.6. The average molecular weight is 403 g/mol. The summed E-state index contributed by atoms with van der Waals surface area (Å²) in [4.78, 5) is 48.8. The number of fused-ring (bicyclic) bond motifs is 2. The van der Waals surface area contributed by atoms with E-state index >= 15 is 0 Å². The Balaban J connectivity index is 1.50. The van der Waals surface area contributed by atoms with Crippen LogP contribution >= 0.6 is 0 Å². The molecule has 3 aromatic carbocycles. The molecule has 3 aromatic rings. The van der Waals surface area contributed by atoms with E-state index in [4.69, 9.17) is 0 Å². The van der Waals surface area contributed by atoms with E-state index in [-0.39, 0.29) is 17.2 Å². The van der Waals surface area contributed by atoms with Gasteiger partial charge in [0.05, 0.1) is 16.5 Å². The Morgan fingerprint density at radius 2 is 1.77 bits per heavy atom. The topological polar surface area (TPSA) is 110 Å². The number of hydrogen-bond acceptors (Lipinski definition) is 5. The van der Waals surface area contributed by atoms with Crippen molar-refractivity contribution in [2.45, 2.75) is 13.0 Å². The minimum atomic E-state index is -0.837. The van der Waals surface area contributed by atoms with E-state index in [1.165, 1.54) is 12.1 Å². The SMILES string of the molecule is CC(NC(=O)CN1C(=O)c2cccc([N+](=O)[O-])c2C1=O)c1ccc2ccccc2c1. The second kappa shape index (κ2) is 7.40. The molecule has 1 heterocycles. The Bertz CT molecular complexity index is 1220. The van der Waals surface area contributed by atoms with Crippen LogP contribution in [0.3, 0.4) is 0 Å². The molecular weight excluding hydrogens is 386 g/mol. The van der Waals surface area contributed by atoms with Crippen LogP contribution in [0.25, 0.3) is 10.8 Å². The highest BCUT2D eigenvalue weighted by Gasteiger charge is 2.41. The van der Waals surface area contributed by atoms with E-state index in [0.29, 0.717) is 0 Å². The van der Waals surface area contributed by atoms with Crippen molar-refractivity contribution in [3.63, 3.8) is 0 Å². The minimum absolute atomic E-state index is 0.0652. The first-order valence-corrected chi connectivity index (χ1v) is 9.28. The Kier molecular flexibility index (Phi) is 4.75. The highest BCUT2D eigenvalue weighted by molar-refractivity contribution is 6.24. The second-order valence-corrected chi connectivity index (χ2v) is 7.05. The Hall–Kier alpha value is -4.07. The lowest BCUT2D eigenvalue weighted by molar-refractivity contribution is -0.385. The molecule has 1 aliphatic heterocycles. The molecule has 0 bridgehead atoms. The number of nitrogens with one attached hydrogen (secondary N) is 1. The summed E-state index contributed by atoms with van der Waals surface area (Å²) in [6, 6.07) is 17.1. The van der Waals surface area contributed by atoms with Crippen LogP contribution < -0.4 is 5.32 Å². The van der Waals surface area contributed by atoms with Gasteiger partial charge in [0, 0.05) is 6.07 Å². The lowest BCUT2D eigenvalue weighted by Crippen LogP contribution is -2.41. The maximum atomic E-state index is 12.6. The van der Waals surface area contributed by atoms with E-state index in [0.717, 1.165) is 27.3 Å². The number of imide groups is 1. The summed E-state index contributed by atoms with van der Waals surface area (Å²) in [5.74, 6) is -2.09. The third-order valence-electron chi connectivity index (χ3n) is 5.13. The highest BCUT2D eigenvalue weighted by atomic mass is 16.6. The van der Waals surface area contributed by atoms with Crippen LogP contribution in [-0.4, -0.2) is 34.1 Å². The van der Waals surface area contributed by atoms with Crippen molar-refractivity contribution in [1.29, 1.82) is 0 Å². The first kappa shape index (κ1) is 19.3. The van der Waals surface area contributed by atoms with Gasteiger partial charge in [-0.2, -0.15) is 0 Å². The summed E-state index contributed by atoms with van der Waals surface area (Å²) in [7, 11) is 0. The summed E-state index contributed by atoms with van der Waals surface area (Å²) >= 11 is 0. The number of amides is 3. The molecule has 0 spiro atoms. The molecule has 0 saturated carbocycles. The first-order valence-electron chi connectivity index (χ1n) is 9.28. The minimum Gasteiger partial charge on any atom is -0.348 e. The van der Waals surface area contributed by atoms with E-state index < -0.39 is 34.9 Å². The zero-order valence-corrected chi connectivity index (χ0v) is 16.0. The van der Waals surface area contributed by atoms with Crippen LogP contribution in [0.5, 0.6) is 0 Å². The highest BCUT2D eigenvalue weighted by Crippen LogP contribution is 2.30. The summed E-state index contributed by atoms with van der Waals surface area (Å²) < 4.78 is 0. The average Bonchev–Trinajstić information content (AvgIpc) is 2.98. The molecule has 3 amide bonds. The van der Waals surface area contributed by atoms with Crippen molar-refractivity contribution in [3.8, 4) is 0 Å². The van der Waals surface area contributed by atoms with Crippen LogP contribution in [-0.2, 0) is 4.79 Å². The van der Waals surface area contributed by atoms with E-state index in [1.807, 2.05) is 42.5 Å². The van der Waals surface area contributed by atoms with Gasteiger partial charge < -0.3 is 5.32 Å². The van der Waals surface area contributed by atoms with Gasteiger partial charge in [-0.15, -0.1) is 0 Å². The van der Waals surface area contributed by atoms with Crippen LogP contribution in [0, 0.1) is 10.1 Å². The molecule has 1 unspecified atom stereocenters. The smallest absolute Gasteiger partial charge is 0.282 e. The molecule has 1 N–H and O–H groups in total. The largest absolute Gasteiger partial charge is 0.348 e. The van der Waals surface area contributed by atoms with Crippen molar-refractivity contribution in [2.75, 3.05) is 6.54 Å². The number of hydrogen-bond donors (Lipinski definition) is 1. The molecule has 0 fully saturated rings. The third kappa shape index (κ3) is 3.28. The van der Waals surface area contributed by atoms with Crippen LogP contribution in [0.4, 0.5) is 5.69 Å². The van der Waals surface area contributed by atoms with Gasteiger partial charge in [-0.3, -0.25) is 29.4 Å². The van der Waals surface area contributed by atoms with Gasteiger partial charge in [-0.25, -0.2) is 0 Å². The van der Waals surface area contributed by atoms with Crippen molar-refractivity contribution in [1.82, 2.24) is 10.2 Å². The molecule has 8 nitrogen and oxygen atoms in total. The van der Waals surface area contributed by atoms with E-state index in [2.05, 4.69) is 5.32 Å². The maximum Gasteiger partial charge on any atom is 0.282 e. The molecule has 1 aliphatic rings. The Labute approximate surface area is 171 Å². The molecule has 0 radical (unpaired) electrons. The van der Waals surface area contributed by atoms with Crippen LogP contribution in [0.1, 0.15) is 39.2 Å². The normalized spacial score (nSPS) is 14.0. The molecule has 0 aromatic heterocycles. The first-order chi connectivity index (χ1) is 14.4. The molecule has 0 saturated heterocycles. The van der Waals surface area contributed by atoms with Crippen molar-refractivity contribution in [3.05, 3.63) is 87.5 Å². The van der Waals surface area contributed by atoms with E-state index in [1.54, 1.807) is 6.92 Å². The van der Waals surface area contributed by atoms with Gasteiger partial charge in [0.15, 0.2) is 0 Å². The summed E-state index contributed by atoms with van der Waals surface area (Å²) in [6.07, 6.45) is 0. The number of nitro benzene ring substituents is 1. The molecule has 0 aliphatic carbocycles. The molecular formula is C22H17N3O5. The second-order valence-electron chi connectivity index (χ2n) is 7.05. The molecule has 1 atom stereocenters. The predicted octanol–water partition coefficient (Wildman–Crippen LogP) is 3.22. The van der Waals surface area contributed by atoms with Crippen molar-refractivity contribution >= 4 is 34.2 Å². The fraction of sp³-hybridized carbons (Fsp3) is 0.136. The zero-order chi connectivity index (χ0) is 21.4. The number of nitro groups is 1. The lowest BCUT2D eigenvalue weighted by atomic mass is 10.0. The number of rotatable bonds is 5. The van der Waals surface area contributed by atoms with Gasteiger partial charge in [0.1, 0.15) is 12.1 Å². The fourth-order valence-corrected chi connectivity index (χ4v) is 3.60. The number of nitrogens with zero attached hydrogens (tertiary/aromatic N) is 2. The molecule has 30 heavy (non-hydrogen) atoms. The summed E-state index contributed by atoms with van der Waals surface area (Å²) in [5, 5.41) is 16.1. The summed E-state index contributed by atoms with van der Waals surface area (Å²) in [6.45, 7) is 1.29. The number of carbonyl (C=O) groups excluding carboxylic acids is 3. The van der Waals surface area contributed by atoms with Crippen LogP contribution in [0.15, 0.2) is 60.7 Å². The molecule has 150 valence electrons. The van der Waals surface area contributed by atoms with Crippen LogP contribution in [0.2, 0.25) is 0 Å². The quantitative estimate of drug-likeness (QED) is 0.400. The van der Waals surface area contributed by atoms with Gasteiger partial charge in [0.25, 0.3) is 17.5 Å². The van der Waals surface area contributed by atoms with Gasteiger partial charge in [-0.05, 0) is 35.4 Å². The Morgan fingerprint density at radius 3 is 2.50 bits per heavy atom. The Morgan fingerprint density at radius 1 is 1.03 bits per heavy atom. The number of benzene rings is 3. The lowest BCUT2D eigenvalue weighted by Gasteiger charge is -2.18. The van der Waals surface area contributed by atoms with Crippen molar-refractivity contribution < 1.29 is 19.3 Å². The van der Waals surface area contributed by atoms with Crippen molar-refractivity contribution in [2.24, 2.45) is 0 Å². The molecule has 8 heteroatoms. The van der Waals surface area contributed by atoms with Gasteiger partial charge >= 0.3 is 0 Å². The third-order valence-corrected chi connectivity index (χ3v) is 5.13. The number of carbonyl (C=O) groups is 3. The predicted molar refractivity (Wildman–Crippen MR) is 109 cm³/mol. The summed E-state index contributed by atoms with van der Waals surface area (Å²) in [5.41, 5.74) is 0.0887. The standard InChI is InChI=1S/C22H17N3O5/c1-13(15-10-9-14-5-2-3-6-16(14)11-15)23-19(26)12-24-21(27)17-7-4-8-18(25(29)30)20(17)22(24)28/h2-11,13H,12H2,1H3,(H,23,26). The van der Waals surface area contributed by atoms with E-state index in [9.17, 15) is 24.5 Å². The van der Waals surface area contributed by atoms with Gasteiger partial charge in [0.2, 0.25) is 5.91 Å². The molecule has 4 rings (SSSR count). The fourth-order valence-electron chi connectivity index (χ4n) is 3.60. The van der Waals surface area contributed by atoms with Gasteiger partial charge in [-0.1, -0.05) is 42.5 Å². The zero-order valence-electron chi connectivity index (χ0n) is 16.0.